The summed E-state index contributed by atoms with van der Waals surface area (Å²) in [4.78, 5) is 30.9. The lowest BCUT2D eigenvalue weighted by atomic mass is 9.75. The fourth-order valence-electron chi connectivity index (χ4n) is 4.97. The molecule has 0 saturated heterocycles. The highest BCUT2D eigenvalue weighted by molar-refractivity contribution is 6.09. The molecule has 2 aliphatic rings. The lowest BCUT2D eigenvalue weighted by Gasteiger charge is -2.34. The summed E-state index contributed by atoms with van der Waals surface area (Å²) in [5, 5.41) is 6.29. The Bertz CT molecular complexity index is 1380. The highest BCUT2D eigenvalue weighted by Crippen LogP contribution is 2.44. The average molecular weight is 496 g/mol. The molecule has 1 atom stereocenters. The number of carbonyl (C=O) groups excluding carboxylic acids is 2. The van der Waals surface area contributed by atoms with Crippen molar-refractivity contribution in [2.24, 2.45) is 0 Å². The molecule has 5 rings (SSSR count). The second-order valence-electron chi connectivity index (χ2n) is 9.15. The number of amides is 1. The summed E-state index contributed by atoms with van der Waals surface area (Å²) in [5.74, 6) is 0.382. The number of nitrogens with one attached hydrogen (secondary N) is 2. The number of allylic oxidation sites excluding steroid dienone is 3. The van der Waals surface area contributed by atoms with Crippen LogP contribution in [0.1, 0.15) is 43.2 Å². The fourth-order valence-corrected chi connectivity index (χ4v) is 4.97. The maximum absolute atomic E-state index is 13.6. The first kappa shape index (κ1) is 24.3. The van der Waals surface area contributed by atoms with Crippen molar-refractivity contribution in [3.8, 4) is 11.5 Å². The Morgan fingerprint density at radius 3 is 2.68 bits per heavy atom. The van der Waals surface area contributed by atoms with Gasteiger partial charge in [-0.05, 0) is 55.2 Å². The molecule has 0 saturated carbocycles. The minimum absolute atomic E-state index is 0.0568. The highest BCUT2D eigenvalue weighted by Gasteiger charge is 2.38. The van der Waals surface area contributed by atoms with E-state index < -0.39 is 5.92 Å². The number of ketones is 1. The first-order chi connectivity index (χ1) is 18.0. The van der Waals surface area contributed by atoms with Crippen molar-refractivity contribution >= 4 is 17.4 Å². The third-order valence-corrected chi connectivity index (χ3v) is 6.70. The van der Waals surface area contributed by atoms with Gasteiger partial charge in [-0.15, -0.1) is 0 Å². The number of methoxy groups -OCH3 is 1. The zero-order valence-electron chi connectivity index (χ0n) is 20.9. The van der Waals surface area contributed by atoms with Crippen LogP contribution in [0.4, 0.5) is 5.69 Å². The van der Waals surface area contributed by atoms with Gasteiger partial charge in [0.25, 0.3) is 5.91 Å². The summed E-state index contributed by atoms with van der Waals surface area (Å²) in [5.41, 5.74) is 5.18. The molecule has 37 heavy (non-hydrogen) atoms. The number of aromatic nitrogens is 1. The van der Waals surface area contributed by atoms with Gasteiger partial charge in [0.15, 0.2) is 17.3 Å². The number of nitrogens with zero attached hydrogens (tertiary/aromatic N) is 1. The number of carbonyl (C=O) groups is 2. The van der Waals surface area contributed by atoms with Crippen LogP contribution >= 0.6 is 0 Å². The second kappa shape index (κ2) is 10.7. The molecule has 1 aromatic heterocycles. The molecule has 7 nitrogen and oxygen atoms in total. The van der Waals surface area contributed by atoms with E-state index in [-0.39, 0.29) is 11.7 Å². The Balaban J connectivity index is 1.52. The number of hydrogen-bond donors (Lipinski definition) is 2. The predicted molar refractivity (Wildman–Crippen MR) is 141 cm³/mol. The van der Waals surface area contributed by atoms with E-state index in [2.05, 4.69) is 15.6 Å². The van der Waals surface area contributed by atoms with Crippen LogP contribution in [0.25, 0.3) is 0 Å². The number of anilines is 1. The van der Waals surface area contributed by atoms with E-state index in [0.717, 1.165) is 35.4 Å². The van der Waals surface area contributed by atoms with Gasteiger partial charge in [-0.1, -0.05) is 36.4 Å². The molecule has 188 valence electrons. The predicted octanol–water partition coefficient (Wildman–Crippen LogP) is 5.28. The Kier molecular flexibility index (Phi) is 7.03. The summed E-state index contributed by atoms with van der Waals surface area (Å²) in [6, 6.07) is 19.1. The van der Waals surface area contributed by atoms with Gasteiger partial charge in [0.05, 0.1) is 19.0 Å². The molecule has 0 bridgehead atoms. The minimum Gasteiger partial charge on any atom is -0.493 e. The third kappa shape index (κ3) is 5.11. The van der Waals surface area contributed by atoms with E-state index >= 15 is 0 Å². The average Bonchev–Trinajstić information content (AvgIpc) is 2.92. The van der Waals surface area contributed by atoms with E-state index in [0.29, 0.717) is 41.4 Å². The van der Waals surface area contributed by atoms with Crippen LogP contribution in [0.5, 0.6) is 11.5 Å². The van der Waals surface area contributed by atoms with E-state index in [1.165, 1.54) is 0 Å². The van der Waals surface area contributed by atoms with E-state index in [4.69, 9.17) is 9.47 Å². The molecule has 0 fully saturated rings. The molecule has 2 aromatic carbocycles. The van der Waals surface area contributed by atoms with E-state index in [1.807, 2.05) is 55.5 Å². The van der Waals surface area contributed by atoms with Gasteiger partial charge in [0, 0.05) is 41.1 Å². The van der Waals surface area contributed by atoms with E-state index in [9.17, 15) is 9.59 Å². The van der Waals surface area contributed by atoms with Gasteiger partial charge in [-0.25, -0.2) is 0 Å². The van der Waals surface area contributed by atoms with Crippen molar-refractivity contribution < 1.29 is 19.1 Å². The summed E-state index contributed by atoms with van der Waals surface area (Å²) < 4.78 is 11.7. The molecule has 3 aromatic rings. The van der Waals surface area contributed by atoms with Gasteiger partial charge in [-0.2, -0.15) is 0 Å². The minimum atomic E-state index is -0.530. The maximum Gasteiger partial charge on any atom is 0.254 e. The van der Waals surface area contributed by atoms with Crippen LogP contribution in [-0.2, 0) is 16.2 Å². The lowest BCUT2D eigenvalue weighted by Crippen LogP contribution is -2.35. The lowest BCUT2D eigenvalue weighted by molar-refractivity contribution is -0.116. The van der Waals surface area contributed by atoms with Crippen molar-refractivity contribution in [2.75, 3.05) is 12.4 Å². The topological polar surface area (TPSA) is 89.5 Å². The van der Waals surface area contributed by atoms with Crippen molar-refractivity contribution in [3.05, 3.63) is 107 Å². The largest absolute Gasteiger partial charge is 0.493 e. The Morgan fingerprint density at radius 1 is 1.08 bits per heavy atom. The maximum atomic E-state index is 13.6. The fraction of sp³-hybridized carbons (Fsp3) is 0.233. The van der Waals surface area contributed by atoms with Gasteiger partial charge in [-0.3, -0.25) is 14.6 Å². The Hall–Kier alpha value is -4.39. The van der Waals surface area contributed by atoms with Crippen LogP contribution in [0.3, 0.4) is 0 Å². The van der Waals surface area contributed by atoms with Crippen molar-refractivity contribution in [1.29, 1.82) is 0 Å². The van der Waals surface area contributed by atoms with Crippen molar-refractivity contribution in [1.82, 2.24) is 10.3 Å². The molecule has 2 N–H and O–H groups in total. The van der Waals surface area contributed by atoms with E-state index in [1.54, 1.807) is 31.6 Å². The first-order valence-electron chi connectivity index (χ1n) is 12.3. The quantitative estimate of drug-likeness (QED) is 0.464. The number of rotatable bonds is 7. The van der Waals surface area contributed by atoms with Crippen LogP contribution in [-0.4, -0.2) is 23.8 Å². The molecule has 1 aliphatic carbocycles. The number of benzene rings is 2. The molecule has 0 spiro atoms. The van der Waals surface area contributed by atoms with Gasteiger partial charge >= 0.3 is 0 Å². The van der Waals surface area contributed by atoms with Crippen LogP contribution in [0.15, 0.2) is 95.6 Å². The number of Topliss-reactive ketones (excluding diaryl/α,β-unsaturated/α-hetero) is 1. The number of ether oxygens (including phenoxy) is 2. The molecule has 2 heterocycles. The number of dihydropyridines is 1. The van der Waals surface area contributed by atoms with Crippen LogP contribution < -0.4 is 20.1 Å². The summed E-state index contributed by atoms with van der Waals surface area (Å²) in [6.07, 6.45) is 5.26. The van der Waals surface area contributed by atoms with Crippen LogP contribution in [0.2, 0.25) is 0 Å². The smallest absolute Gasteiger partial charge is 0.254 e. The van der Waals surface area contributed by atoms with Crippen molar-refractivity contribution in [2.45, 2.75) is 38.7 Å². The standard InChI is InChI=1S/C30H29N3O4/c1-19-27(30(35)33-22-10-7-15-31-17-22)28(29-23(32-19)11-6-12-24(29)34)21-13-14-25(26(16-21)36-2)37-18-20-8-4-3-5-9-20/h3-5,7-10,13-17,28,32H,6,11-12,18H2,1-2H3,(H,33,35). The molecule has 0 radical (unpaired) electrons. The van der Waals surface area contributed by atoms with Gasteiger partial charge in [0.2, 0.25) is 0 Å². The summed E-state index contributed by atoms with van der Waals surface area (Å²) >= 11 is 0. The molecule has 1 amide bonds. The zero-order chi connectivity index (χ0) is 25.8. The highest BCUT2D eigenvalue weighted by atomic mass is 16.5. The van der Waals surface area contributed by atoms with Crippen molar-refractivity contribution in [3.63, 3.8) is 0 Å². The Morgan fingerprint density at radius 2 is 1.92 bits per heavy atom. The van der Waals surface area contributed by atoms with Gasteiger partial charge in [0.1, 0.15) is 6.61 Å². The normalized spacial score (nSPS) is 17.1. The number of pyridine rings is 1. The SMILES string of the molecule is COc1cc(C2C(C(=O)Nc3cccnc3)=C(C)NC3=C2C(=O)CCC3)ccc1OCc1ccccc1. The monoisotopic (exact) mass is 495 g/mol. The summed E-state index contributed by atoms with van der Waals surface area (Å²) in [7, 11) is 1.59. The van der Waals surface area contributed by atoms with Gasteiger partial charge < -0.3 is 20.1 Å². The van der Waals surface area contributed by atoms with Crippen LogP contribution in [0, 0.1) is 0 Å². The molecular formula is C30H29N3O4. The molecule has 7 heteroatoms. The summed E-state index contributed by atoms with van der Waals surface area (Å²) in [6.45, 7) is 2.28. The second-order valence-corrected chi connectivity index (χ2v) is 9.15. The molecule has 1 unspecified atom stereocenters. The Labute approximate surface area is 216 Å². The zero-order valence-corrected chi connectivity index (χ0v) is 20.9. The molecule has 1 aliphatic heterocycles. The molecular weight excluding hydrogens is 466 g/mol. The number of hydrogen-bond acceptors (Lipinski definition) is 6. The first-order valence-corrected chi connectivity index (χ1v) is 12.3. The third-order valence-electron chi connectivity index (χ3n) is 6.70.